The summed E-state index contributed by atoms with van der Waals surface area (Å²) < 4.78 is 5.23. The second-order valence-corrected chi connectivity index (χ2v) is 7.89. The molecule has 30 heavy (non-hydrogen) atoms. The minimum Gasteiger partial charge on any atom is -0.467 e. The number of quaternary nitrogens is 1. The average Bonchev–Trinajstić information content (AvgIpc) is 3.26. The van der Waals surface area contributed by atoms with Gasteiger partial charge >= 0.3 is 0 Å². The molecular formula is C23H26N3O3S+. The zero-order chi connectivity index (χ0) is 21.3. The van der Waals surface area contributed by atoms with Gasteiger partial charge in [-0.15, -0.1) is 11.8 Å². The van der Waals surface area contributed by atoms with E-state index in [4.69, 9.17) is 4.42 Å². The molecule has 0 aliphatic heterocycles. The van der Waals surface area contributed by atoms with Crippen molar-refractivity contribution in [1.29, 1.82) is 0 Å². The molecule has 1 aromatic heterocycles. The molecule has 1 atom stereocenters. The SMILES string of the molecule is CSc1ccc(C[NH+](C)CC(=O)Nc2ccccc2C(=O)NCc2ccco2)cc1. The first-order chi connectivity index (χ1) is 14.5. The molecule has 3 N–H and O–H groups in total. The molecule has 2 amide bonds. The first kappa shape index (κ1) is 21.7. The van der Waals surface area contributed by atoms with Gasteiger partial charge in [-0.3, -0.25) is 9.59 Å². The van der Waals surface area contributed by atoms with Crippen LogP contribution >= 0.6 is 11.8 Å². The van der Waals surface area contributed by atoms with Crippen LogP contribution in [0.4, 0.5) is 5.69 Å². The number of furan rings is 1. The van der Waals surface area contributed by atoms with Crippen molar-refractivity contribution in [2.24, 2.45) is 0 Å². The molecule has 0 saturated carbocycles. The number of carbonyl (C=O) groups excluding carboxylic acids is 2. The summed E-state index contributed by atoms with van der Waals surface area (Å²) in [6, 6.07) is 18.9. The summed E-state index contributed by atoms with van der Waals surface area (Å²) >= 11 is 1.71. The number of nitrogens with one attached hydrogen (secondary N) is 3. The second kappa shape index (κ2) is 10.7. The van der Waals surface area contributed by atoms with Gasteiger partial charge in [0.25, 0.3) is 11.8 Å². The topological polar surface area (TPSA) is 75.8 Å². The number of thioether (sulfide) groups is 1. The molecule has 0 aliphatic rings. The Morgan fingerprint density at radius 3 is 2.50 bits per heavy atom. The number of benzene rings is 2. The van der Waals surface area contributed by atoms with Crippen LogP contribution in [0.2, 0.25) is 0 Å². The highest BCUT2D eigenvalue weighted by atomic mass is 32.2. The van der Waals surface area contributed by atoms with Crippen LogP contribution in [0.1, 0.15) is 21.7 Å². The number of para-hydroxylation sites is 1. The van der Waals surface area contributed by atoms with Gasteiger partial charge in [0, 0.05) is 10.5 Å². The first-order valence-corrected chi connectivity index (χ1v) is 10.9. The van der Waals surface area contributed by atoms with E-state index in [1.165, 1.54) is 10.5 Å². The Balaban J connectivity index is 1.55. The monoisotopic (exact) mass is 424 g/mol. The van der Waals surface area contributed by atoms with Crippen LogP contribution in [0.3, 0.4) is 0 Å². The number of amides is 2. The van der Waals surface area contributed by atoms with Crippen molar-refractivity contribution < 1.29 is 18.9 Å². The smallest absolute Gasteiger partial charge is 0.279 e. The summed E-state index contributed by atoms with van der Waals surface area (Å²) in [5.74, 6) is 0.261. The first-order valence-electron chi connectivity index (χ1n) is 9.69. The number of likely N-dealkylation sites (N-methyl/N-ethyl adjacent to an activating group) is 1. The highest BCUT2D eigenvalue weighted by Crippen LogP contribution is 2.16. The predicted octanol–water partition coefficient (Wildman–Crippen LogP) is 2.58. The van der Waals surface area contributed by atoms with Crippen LogP contribution in [0, 0.1) is 0 Å². The summed E-state index contributed by atoms with van der Waals surface area (Å²) in [6.07, 6.45) is 3.61. The van der Waals surface area contributed by atoms with E-state index in [0.717, 1.165) is 11.4 Å². The quantitative estimate of drug-likeness (QED) is 0.462. The van der Waals surface area contributed by atoms with E-state index < -0.39 is 0 Å². The molecule has 0 fully saturated rings. The van der Waals surface area contributed by atoms with E-state index in [0.29, 0.717) is 23.6 Å². The fraction of sp³-hybridized carbons (Fsp3) is 0.217. The van der Waals surface area contributed by atoms with Gasteiger partial charge in [0.1, 0.15) is 12.3 Å². The van der Waals surface area contributed by atoms with Crippen LogP contribution in [-0.2, 0) is 17.9 Å². The van der Waals surface area contributed by atoms with Gasteiger partial charge < -0.3 is 20.0 Å². The van der Waals surface area contributed by atoms with Gasteiger partial charge in [-0.05, 0) is 42.7 Å². The largest absolute Gasteiger partial charge is 0.467 e. The molecule has 0 saturated heterocycles. The van der Waals surface area contributed by atoms with Crippen molar-refractivity contribution in [1.82, 2.24) is 5.32 Å². The van der Waals surface area contributed by atoms with Crippen LogP contribution in [-0.4, -0.2) is 31.7 Å². The molecule has 7 heteroatoms. The Kier molecular flexibility index (Phi) is 7.70. The normalized spacial score (nSPS) is 11.7. The number of carbonyl (C=O) groups is 2. The van der Waals surface area contributed by atoms with Crippen LogP contribution in [0.15, 0.2) is 76.2 Å². The lowest BCUT2D eigenvalue weighted by Crippen LogP contribution is -3.08. The molecule has 3 aromatic rings. The minimum absolute atomic E-state index is 0.139. The molecule has 2 aromatic carbocycles. The van der Waals surface area contributed by atoms with E-state index in [1.54, 1.807) is 54.4 Å². The van der Waals surface area contributed by atoms with Crippen molar-refractivity contribution in [3.05, 3.63) is 83.8 Å². The zero-order valence-corrected chi connectivity index (χ0v) is 17.9. The van der Waals surface area contributed by atoms with E-state index >= 15 is 0 Å². The lowest BCUT2D eigenvalue weighted by Gasteiger charge is -2.15. The highest BCUT2D eigenvalue weighted by molar-refractivity contribution is 7.98. The highest BCUT2D eigenvalue weighted by Gasteiger charge is 2.16. The van der Waals surface area contributed by atoms with Crippen molar-refractivity contribution in [2.75, 3.05) is 25.2 Å². The maximum Gasteiger partial charge on any atom is 0.279 e. The number of hydrogen-bond acceptors (Lipinski definition) is 4. The maximum atomic E-state index is 12.6. The van der Waals surface area contributed by atoms with Gasteiger partial charge in [-0.1, -0.05) is 24.3 Å². The summed E-state index contributed by atoms with van der Waals surface area (Å²) in [4.78, 5) is 27.4. The molecule has 0 aliphatic carbocycles. The lowest BCUT2D eigenvalue weighted by atomic mass is 10.1. The van der Waals surface area contributed by atoms with E-state index in [9.17, 15) is 9.59 Å². The lowest BCUT2D eigenvalue weighted by molar-refractivity contribution is -0.885. The van der Waals surface area contributed by atoms with Gasteiger partial charge in [-0.2, -0.15) is 0 Å². The third kappa shape index (κ3) is 6.23. The van der Waals surface area contributed by atoms with Crippen molar-refractivity contribution in [2.45, 2.75) is 18.0 Å². The third-order valence-electron chi connectivity index (χ3n) is 4.58. The minimum atomic E-state index is -0.267. The number of rotatable bonds is 9. The van der Waals surface area contributed by atoms with E-state index in [-0.39, 0.29) is 18.4 Å². The zero-order valence-electron chi connectivity index (χ0n) is 17.1. The molecule has 3 rings (SSSR count). The molecule has 156 valence electrons. The van der Waals surface area contributed by atoms with Crippen LogP contribution < -0.4 is 15.5 Å². The average molecular weight is 425 g/mol. The summed E-state index contributed by atoms with van der Waals surface area (Å²) in [6.45, 7) is 1.33. The molecule has 1 heterocycles. The number of anilines is 1. The molecule has 6 nitrogen and oxygen atoms in total. The fourth-order valence-electron chi connectivity index (χ4n) is 3.09. The maximum absolute atomic E-state index is 12.6. The van der Waals surface area contributed by atoms with Gasteiger partial charge in [-0.25, -0.2) is 0 Å². The number of hydrogen-bond donors (Lipinski definition) is 3. The predicted molar refractivity (Wildman–Crippen MR) is 119 cm³/mol. The van der Waals surface area contributed by atoms with Gasteiger partial charge in [0.15, 0.2) is 6.54 Å². The van der Waals surface area contributed by atoms with Crippen molar-refractivity contribution in [3.8, 4) is 0 Å². The molecule has 0 spiro atoms. The molecule has 1 unspecified atom stereocenters. The van der Waals surface area contributed by atoms with E-state index in [1.807, 2.05) is 13.3 Å². The molecular weight excluding hydrogens is 398 g/mol. The Labute approximate surface area is 180 Å². The van der Waals surface area contributed by atoms with Crippen molar-refractivity contribution in [3.63, 3.8) is 0 Å². The van der Waals surface area contributed by atoms with E-state index in [2.05, 4.69) is 34.9 Å². The van der Waals surface area contributed by atoms with Crippen LogP contribution in [0.5, 0.6) is 0 Å². The standard InChI is InChI=1S/C23H25N3O3S/c1-26(15-17-9-11-19(30-2)12-10-17)16-22(27)25-21-8-4-3-7-20(21)23(28)24-14-18-6-5-13-29-18/h3-13H,14-16H2,1-2H3,(H,24,28)(H,25,27)/p+1. The Morgan fingerprint density at radius 2 is 1.80 bits per heavy atom. The Morgan fingerprint density at radius 1 is 1.03 bits per heavy atom. The molecule has 0 radical (unpaired) electrons. The second-order valence-electron chi connectivity index (χ2n) is 7.01. The van der Waals surface area contributed by atoms with Gasteiger partial charge in [0.2, 0.25) is 0 Å². The van der Waals surface area contributed by atoms with Gasteiger partial charge in [0.05, 0.1) is 31.1 Å². The summed E-state index contributed by atoms with van der Waals surface area (Å²) in [5.41, 5.74) is 2.09. The Bertz CT molecular complexity index is 972. The molecule has 0 bridgehead atoms. The van der Waals surface area contributed by atoms with Crippen LogP contribution in [0.25, 0.3) is 0 Å². The summed E-state index contributed by atoms with van der Waals surface area (Å²) in [7, 11) is 1.98. The Hall–Kier alpha value is -3.03. The fourth-order valence-corrected chi connectivity index (χ4v) is 3.50. The summed E-state index contributed by atoms with van der Waals surface area (Å²) in [5, 5.41) is 5.68. The van der Waals surface area contributed by atoms with Crippen molar-refractivity contribution >= 4 is 29.3 Å². The third-order valence-corrected chi connectivity index (χ3v) is 5.32.